The van der Waals surface area contributed by atoms with Gasteiger partial charge in [0.1, 0.15) is 0 Å². The minimum atomic E-state index is -3.73. The maximum absolute atomic E-state index is 13.4. The summed E-state index contributed by atoms with van der Waals surface area (Å²) in [5.74, 6) is -0.124. The molecule has 0 radical (unpaired) electrons. The molecule has 0 spiro atoms. The van der Waals surface area contributed by atoms with Gasteiger partial charge in [-0.1, -0.05) is 53.5 Å². The van der Waals surface area contributed by atoms with Crippen molar-refractivity contribution in [3.05, 3.63) is 82.6 Å². The minimum absolute atomic E-state index is 0.0837. The Balaban J connectivity index is 1.51. The lowest BCUT2D eigenvalue weighted by molar-refractivity contribution is -0.135. The van der Waals surface area contributed by atoms with Crippen LogP contribution >= 0.6 is 23.2 Å². The molecule has 1 unspecified atom stereocenters. The van der Waals surface area contributed by atoms with Crippen LogP contribution in [0.2, 0.25) is 10.0 Å². The van der Waals surface area contributed by atoms with Crippen LogP contribution in [0.15, 0.2) is 71.9 Å². The molecule has 2 aromatic carbocycles. The molecule has 10 heteroatoms. The van der Waals surface area contributed by atoms with Crippen molar-refractivity contribution in [2.45, 2.75) is 10.9 Å². The first kappa shape index (κ1) is 21.8. The van der Waals surface area contributed by atoms with Crippen molar-refractivity contribution in [2.75, 3.05) is 26.2 Å². The first-order valence-electron chi connectivity index (χ1n) is 9.66. The number of halogens is 2. The largest absolute Gasteiger partial charge is 0.338 e. The van der Waals surface area contributed by atoms with Crippen LogP contribution in [0.25, 0.3) is 0 Å². The average molecular weight is 479 g/mol. The lowest BCUT2D eigenvalue weighted by Gasteiger charge is -2.36. The van der Waals surface area contributed by atoms with Crippen LogP contribution < -0.4 is 0 Å². The molecule has 1 fully saturated rings. The van der Waals surface area contributed by atoms with Gasteiger partial charge in [-0.15, -0.1) is 0 Å². The van der Waals surface area contributed by atoms with Crippen LogP contribution in [-0.4, -0.2) is 59.5 Å². The van der Waals surface area contributed by atoms with E-state index in [2.05, 4.69) is 5.10 Å². The van der Waals surface area contributed by atoms with Crippen molar-refractivity contribution in [2.24, 2.45) is 0 Å². The van der Waals surface area contributed by atoms with Crippen LogP contribution in [-0.2, 0) is 14.8 Å². The Bertz CT molecular complexity index is 1160. The summed E-state index contributed by atoms with van der Waals surface area (Å²) in [6.45, 7) is 0.942. The molecular weight excluding hydrogens is 459 g/mol. The van der Waals surface area contributed by atoms with Crippen molar-refractivity contribution in [1.82, 2.24) is 19.0 Å². The summed E-state index contributed by atoms with van der Waals surface area (Å²) in [5, 5.41) is 4.73. The predicted octanol–water partition coefficient (Wildman–Crippen LogP) is 3.31. The number of hydrogen-bond acceptors (Lipinski definition) is 4. The molecule has 3 aromatic rings. The van der Waals surface area contributed by atoms with E-state index in [0.29, 0.717) is 5.02 Å². The monoisotopic (exact) mass is 478 g/mol. The molecule has 0 bridgehead atoms. The average Bonchev–Trinajstić information content (AvgIpc) is 3.31. The molecule has 1 saturated heterocycles. The Kier molecular flexibility index (Phi) is 6.34. The highest BCUT2D eigenvalue weighted by molar-refractivity contribution is 7.89. The summed E-state index contributed by atoms with van der Waals surface area (Å²) in [6, 6.07) is 14.8. The van der Waals surface area contributed by atoms with Crippen LogP contribution in [0.5, 0.6) is 0 Å². The van der Waals surface area contributed by atoms with Crippen molar-refractivity contribution < 1.29 is 13.2 Å². The van der Waals surface area contributed by atoms with E-state index in [4.69, 9.17) is 23.2 Å². The van der Waals surface area contributed by atoms with E-state index in [9.17, 15) is 13.2 Å². The second-order valence-corrected chi connectivity index (χ2v) is 9.86. The zero-order valence-corrected chi connectivity index (χ0v) is 18.8. The fraction of sp³-hybridized carbons (Fsp3) is 0.238. The highest BCUT2D eigenvalue weighted by Gasteiger charge is 2.34. The van der Waals surface area contributed by atoms with E-state index in [1.54, 1.807) is 28.0 Å². The van der Waals surface area contributed by atoms with Crippen molar-refractivity contribution in [3.63, 3.8) is 0 Å². The Morgan fingerprint density at radius 2 is 1.65 bits per heavy atom. The standard InChI is InChI=1S/C21H20Cl2N4O3S/c22-18-8-7-17(15-19(18)23)31(29,30)26-13-11-25(12-14-26)21(28)20(27-10-4-9-24-27)16-5-2-1-3-6-16/h1-10,15,20H,11-14H2. The van der Waals surface area contributed by atoms with Crippen LogP contribution in [0.3, 0.4) is 0 Å². The Hall–Kier alpha value is -2.39. The summed E-state index contributed by atoms with van der Waals surface area (Å²) in [7, 11) is -3.73. The molecule has 4 rings (SSSR count). The minimum Gasteiger partial charge on any atom is -0.338 e. The van der Waals surface area contributed by atoms with Gasteiger partial charge in [-0.2, -0.15) is 9.40 Å². The maximum atomic E-state index is 13.4. The molecule has 1 aliphatic heterocycles. The zero-order valence-electron chi connectivity index (χ0n) is 16.4. The fourth-order valence-electron chi connectivity index (χ4n) is 3.59. The SMILES string of the molecule is O=C(C(c1ccccc1)n1cccn1)N1CCN(S(=O)(=O)c2ccc(Cl)c(Cl)c2)CC1. The molecule has 1 aliphatic rings. The Morgan fingerprint density at radius 3 is 2.26 bits per heavy atom. The summed E-state index contributed by atoms with van der Waals surface area (Å²) >= 11 is 11.9. The van der Waals surface area contributed by atoms with E-state index in [0.717, 1.165) is 5.56 Å². The Morgan fingerprint density at radius 1 is 0.935 bits per heavy atom. The number of amides is 1. The van der Waals surface area contributed by atoms with E-state index in [1.807, 2.05) is 30.3 Å². The summed E-state index contributed by atoms with van der Waals surface area (Å²) in [6.07, 6.45) is 3.38. The third-order valence-electron chi connectivity index (χ3n) is 5.22. The lowest BCUT2D eigenvalue weighted by Crippen LogP contribution is -2.52. The van der Waals surface area contributed by atoms with Gasteiger partial charge in [0.2, 0.25) is 10.0 Å². The van der Waals surface area contributed by atoms with Gasteiger partial charge in [0.15, 0.2) is 6.04 Å². The van der Waals surface area contributed by atoms with Gasteiger partial charge in [-0.05, 0) is 29.8 Å². The third kappa shape index (κ3) is 4.48. The van der Waals surface area contributed by atoms with Crippen molar-refractivity contribution in [1.29, 1.82) is 0 Å². The second kappa shape index (κ2) is 9.00. The van der Waals surface area contributed by atoms with E-state index in [1.165, 1.54) is 22.5 Å². The normalized spacial score (nSPS) is 16.3. The Labute approximate surface area is 190 Å². The molecule has 0 N–H and O–H groups in total. The molecule has 1 atom stereocenters. The number of nitrogens with zero attached hydrogens (tertiary/aromatic N) is 4. The van der Waals surface area contributed by atoms with Gasteiger partial charge in [-0.3, -0.25) is 9.48 Å². The van der Waals surface area contributed by atoms with Crippen molar-refractivity contribution >= 4 is 39.1 Å². The van der Waals surface area contributed by atoms with Gasteiger partial charge in [0, 0.05) is 38.6 Å². The van der Waals surface area contributed by atoms with Gasteiger partial charge >= 0.3 is 0 Å². The number of carbonyl (C=O) groups is 1. The highest BCUT2D eigenvalue weighted by Crippen LogP contribution is 2.27. The number of hydrogen-bond donors (Lipinski definition) is 0. The van der Waals surface area contributed by atoms with Crippen LogP contribution in [0.1, 0.15) is 11.6 Å². The quantitative estimate of drug-likeness (QED) is 0.563. The predicted molar refractivity (Wildman–Crippen MR) is 119 cm³/mol. The topological polar surface area (TPSA) is 75.5 Å². The molecule has 0 saturated carbocycles. The third-order valence-corrected chi connectivity index (χ3v) is 7.85. The number of aromatic nitrogens is 2. The summed E-state index contributed by atoms with van der Waals surface area (Å²) in [4.78, 5) is 15.1. The summed E-state index contributed by atoms with van der Waals surface area (Å²) < 4.78 is 28.9. The maximum Gasteiger partial charge on any atom is 0.252 e. The molecule has 7 nitrogen and oxygen atoms in total. The van der Waals surface area contributed by atoms with Crippen LogP contribution in [0, 0.1) is 0 Å². The molecule has 31 heavy (non-hydrogen) atoms. The molecule has 2 heterocycles. The number of sulfonamides is 1. The highest BCUT2D eigenvalue weighted by atomic mass is 35.5. The lowest BCUT2D eigenvalue weighted by atomic mass is 10.1. The molecular formula is C21H20Cl2N4O3S. The first-order valence-corrected chi connectivity index (χ1v) is 11.9. The van der Waals surface area contributed by atoms with Gasteiger partial charge in [0.25, 0.3) is 5.91 Å². The number of carbonyl (C=O) groups excluding carboxylic acids is 1. The molecule has 162 valence electrons. The number of piperazine rings is 1. The number of rotatable bonds is 5. The molecule has 0 aliphatic carbocycles. The first-order chi connectivity index (χ1) is 14.9. The molecule has 1 aromatic heterocycles. The fourth-order valence-corrected chi connectivity index (χ4v) is 5.40. The summed E-state index contributed by atoms with van der Waals surface area (Å²) in [5.41, 5.74) is 0.821. The number of benzene rings is 2. The van der Waals surface area contributed by atoms with Gasteiger partial charge in [-0.25, -0.2) is 8.42 Å². The van der Waals surface area contributed by atoms with Gasteiger partial charge < -0.3 is 4.90 Å². The molecule has 1 amide bonds. The van der Waals surface area contributed by atoms with Crippen LogP contribution in [0.4, 0.5) is 0 Å². The van der Waals surface area contributed by atoms with E-state index >= 15 is 0 Å². The van der Waals surface area contributed by atoms with Gasteiger partial charge in [0.05, 0.1) is 14.9 Å². The zero-order chi connectivity index (χ0) is 22.0. The van der Waals surface area contributed by atoms with E-state index in [-0.39, 0.29) is 42.0 Å². The van der Waals surface area contributed by atoms with Crippen molar-refractivity contribution in [3.8, 4) is 0 Å². The smallest absolute Gasteiger partial charge is 0.252 e. The van der Waals surface area contributed by atoms with E-state index < -0.39 is 16.1 Å². The second-order valence-electron chi connectivity index (χ2n) is 7.10.